The molecule has 0 bridgehead atoms. The van der Waals surface area contributed by atoms with Crippen molar-refractivity contribution in [2.75, 3.05) is 18.5 Å². The molecule has 4 N–H and O–H groups in total. The number of nitrogens with one attached hydrogen (secondary N) is 1. The van der Waals surface area contributed by atoms with Gasteiger partial charge >= 0.3 is 7.12 Å². The van der Waals surface area contributed by atoms with Crippen LogP contribution in [-0.4, -0.2) is 41.0 Å². The summed E-state index contributed by atoms with van der Waals surface area (Å²) in [6, 6.07) is 4.63. The topological polar surface area (TPSA) is 135 Å². The van der Waals surface area contributed by atoms with E-state index in [1.165, 1.54) is 22.9 Å². The second-order valence-electron chi connectivity index (χ2n) is 6.77. The lowest BCUT2D eigenvalue weighted by atomic mass is 9.86. The van der Waals surface area contributed by atoms with Gasteiger partial charge < -0.3 is 25.5 Å². The average Bonchev–Trinajstić information content (AvgIpc) is 3.12. The third-order valence-corrected chi connectivity index (χ3v) is 4.84. The minimum atomic E-state index is -1.21. The van der Waals surface area contributed by atoms with Crippen molar-refractivity contribution in [1.29, 1.82) is 5.26 Å². The zero-order valence-corrected chi connectivity index (χ0v) is 15.2. The highest BCUT2D eigenvalue weighted by Gasteiger charge is 2.30. The number of fused-ring (bicyclic) bond motifs is 1. The van der Waals surface area contributed by atoms with Crippen LogP contribution in [-0.2, 0) is 4.74 Å². The molecule has 2 aliphatic heterocycles. The number of ether oxygens (including phenoxy) is 1. The summed E-state index contributed by atoms with van der Waals surface area (Å²) in [6.45, 7) is 0.776. The third-order valence-electron chi connectivity index (χ3n) is 4.84. The highest BCUT2D eigenvalue weighted by Crippen LogP contribution is 2.33. The van der Waals surface area contributed by atoms with Crippen LogP contribution in [0.25, 0.3) is 6.08 Å². The summed E-state index contributed by atoms with van der Waals surface area (Å²) in [5.41, 5.74) is 6.31. The molecule has 0 saturated carbocycles. The maximum atomic E-state index is 14.4. The fourth-order valence-corrected chi connectivity index (χ4v) is 3.39. The van der Waals surface area contributed by atoms with Gasteiger partial charge in [-0.05, 0) is 18.5 Å². The van der Waals surface area contributed by atoms with Crippen molar-refractivity contribution >= 4 is 30.6 Å². The van der Waals surface area contributed by atoms with Gasteiger partial charge in [-0.15, -0.1) is 0 Å². The smallest absolute Gasteiger partial charge is 0.530 e. The number of aromatic nitrogens is 2. The Hall–Kier alpha value is -3.36. The van der Waals surface area contributed by atoms with Crippen LogP contribution < -0.4 is 15.7 Å². The fourth-order valence-electron chi connectivity index (χ4n) is 3.39. The van der Waals surface area contributed by atoms with E-state index in [2.05, 4.69) is 16.5 Å². The van der Waals surface area contributed by atoms with E-state index in [9.17, 15) is 19.5 Å². The van der Waals surface area contributed by atoms with Crippen molar-refractivity contribution in [3.05, 3.63) is 41.2 Å². The molecule has 1 saturated heterocycles. The fraction of sp³-hybridized carbons (Fsp3) is 0.278. The van der Waals surface area contributed by atoms with Crippen molar-refractivity contribution in [1.82, 2.24) is 9.78 Å². The number of hydrogen-bond donors (Lipinski definition) is 3. The molecule has 9 nitrogen and oxygen atoms in total. The second kappa shape index (κ2) is 7.58. The monoisotopic (exact) mass is 397 g/mol. The molecule has 2 aliphatic rings. The van der Waals surface area contributed by atoms with Crippen molar-refractivity contribution in [3.8, 4) is 11.8 Å². The number of benzene rings is 1. The predicted octanol–water partition coefficient (Wildman–Crippen LogP) is 1.39. The van der Waals surface area contributed by atoms with E-state index in [0.717, 1.165) is 6.07 Å². The third kappa shape index (κ3) is 3.67. The van der Waals surface area contributed by atoms with Crippen LogP contribution in [0.5, 0.6) is 5.75 Å². The molecule has 2 aromatic rings. The molecule has 148 valence electrons. The number of primary amides is 1. The zero-order chi connectivity index (χ0) is 20.5. The summed E-state index contributed by atoms with van der Waals surface area (Å²) in [5, 5.41) is 26.1. The van der Waals surface area contributed by atoms with Gasteiger partial charge in [0.05, 0.1) is 24.6 Å². The van der Waals surface area contributed by atoms with Gasteiger partial charge in [0.1, 0.15) is 11.3 Å². The first-order valence-corrected chi connectivity index (χ1v) is 8.96. The van der Waals surface area contributed by atoms with Gasteiger partial charge in [0, 0.05) is 30.1 Å². The number of carbonyl (C=O) groups excluding carboxylic acids is 1. The molecule has 4 rings (SSSR count). The molecule has 1 unspecified atom stereocenters. The Labute approximate surface area is 165 Å². The molecule has 1 fully saturated rings. The van der Waals surface area contributed by atoms with Crippen LogP contribution in [0.2, 0.25) is 0 Å². The Kier molecular flexibility index (Phi) is 4.96. The summed E-state index contributed by atoms with van der Waals surface area (Å²) in [5.74, 6) is -0.262. The summed E-state index contributed by atoms with van der Waals surface area (Å²) in [6.07, 6.45) is 3.55. The van der Waals surface area contributed by atoms with E-state index in [1.807, 2.05) is 0 Å². The molecule has 0 spiro atoms. The maximum absolute atomic E-state index is 14.4. The first-order chi connectivity index (χ1) is 14.0. The minimum absolute atomic E-state index is 0.0672. The van der Waals surface area contributed by atoms with Crippen molar-refractivity contribution in [2.45, 2.75) is 12.5 Å². The van der Waals surface area contributed by atoms with Crippen molar-refractivity contribution in [2.24, 2.45) is 11.7 Å². The van der Waals surface area contributed by atoms with Gasteiger partial charge in [0.2, 0.25) is 0 Å². The van der Waals surface area contributed by atoms with E-state index in [-0.39, 0.29) is 35.7 Å². The first kappa shape index (κ1) is 19.0. The summed E-state index contributed by atoms with van der Waals surface area (Å²) >= 11 is 0. The Morgan fingerprint density at radius 1 is 1.52 bits per heavy atom. The highest BCUT2D eigenvalue weighted by molar-refractivity contribution is 6.51. The Morgan fingerprint density at radius 3 is 3.10 bits per heavy atom. The normalized spacial score (nSPS) is 20.5. The summed E-state index contributed by atoms with van der Waals surface area (Å²) in [7, 11) is -1.21. The lowest BCUT2D eigenvalue weighted by Crippen LogP contribution is -2.29. The lowest BCUT2D eigenvalue weighted by molar-refractivity contribution is 0.0342. The highest BCUT2D eigenvalue weighted by atomic mass is 19.1. The van der Waals surface area contributed by atoms with Crippen molar-refractivity contribution in [3.63, 3.8) is 0 Å². The van der Waals surface area contributed by atoms with Gasteiger partial charge in [-0.2, -0.15) is 10.4 Å². The lowest BCUT2D eigenvalue weighted by Gasteiger charge is -2.26. The molecule has 1 aromatic heterocycles. The van der Waals surface area contributed by atoms with Crippen molar-refractivity contribution < 1.29 is 23.6 Å². The van der Waals surface area contributed by atoms with Crippen LogP contribution in [0.4, 0.5) is 15.9 Å². The number of hydrogen-bond acceptors (Lipinski definition) is 7. The zero-order valence-electron chi connectivity index (χ0n) is 15.2. The number of amides is 1. The van der Waals surface area contributed by atoms with Gasteiger partial charge in [0.15, 0.2) is 11.6 Å². The molecule has 0 radical (unpaired) electrons. The quantitative estimate of drug-likeness (QED) is 0.664. The predicted molar refractivity (Wildman–Crippen MR) is 102 cm³/mol. The Balaban J connectivity index is 1.67. The number of anilines is 2. The Bertz CT molecular complexity index is 1030. The number of rotatable bonds is 4. The van der Waals surface area contributed by atoms with Crippen LogP contribution in [0.1, 0.15) is 28.4 Å². The molecule has 2 atom stereocenters. The van der Waals surface area contributed by atoms with Crippen LogP contribution >= 0.6 is 0 Å². The van der Waals surface area contributed by atoms with Gasteiger partial charge in [0.25, 0.3) is 5.91 Å². The molecule has 1 aromatic carbocycles. The van der Waals surface area contributed by atoms with Crippen LogP contribution in [0.3, 0.4) is 0 Å². The molecule has 29 heavy (non-hydrogen) atoms. The first-order valence-electron chi connectivity index (χ1n) is 8.96. The van der Waals surface area contributed by atoms with Gasteiger partial charge in [-0.25, -0.2) is 4.39 Å². The molecule has 11 heteroatoms. The van der Waals surface area contributed by atoms with Crippen LogP contribution in [0, 0.1) is 23.1 Å². The summed E-state index contributed by atoms with van der Waals surface area (Å²) in [4.78, 5) is 11.9. The second-order valence-corrected chi connectivity index (χ2v) is 6.77. The SMILES string of the molecule is N#C[C@H]1CCOCC1n1cc(C(N)=O)c(Nc2cc(F)c3c(c2)C=CB(O)O3)n1. The summed E-state index contributed by atoms with van der Waals surface area (Å²) < 4.78 is 26.4. The molecular formula is C18H17BFN5O4. The number of carbonyl (C=O) groups is 1. The number of nitrogens with zero attached hydrogens (tertiary/aromatic N) is 3. The largest absolute Gasteiger partial charge is 0.552 e. The number of nitriles is 1. The minimum Gasteiger partial charge on any atom is -0.530 e. The van der Waals surface area contributed by atoms with E-state index in [1.54, 1.807) is 6.07 Å². The number of halogens is 1. The maximum Gasteiger partial charge on any atom is 0.552 e. The Morgan fingerprint density at radius 2 is 2.34 bits per heavy atom. The van der Waals surface area contributed by atoms with E-state index in [0.29, 0.717) is 24.3 Å². The van der Waals surface area contributed by atoms with E-state index >= 15 is 0 Å². The molecule has 0 aliphatic carbocycles. The van der Waals surface area contributed by atoms with Gasteiger partial charge in [-0.1, -0.05) is 6.08 Å². The standard InChI is InChI=1S/C18H17BFN5O4/c20-14-6-12(5-10-1-3-19(27)29-16(10)14)23-18-13(17(22)26)8-25(24-18)15-9-28-4-2-11(15)7-21/h1,3,5-6,8,11,15,27H,2,4,9H2,(H2,22,26)(H,23,24)/t11-,15?/m1/s1. The van der Waals surface area contributed by atoms with E-state index < -0.39 is 18.8 Å². The molecular weight excluding hydrogens is 380 g/mol. The molecule has 1 amide bonds. The number of nitrogens with two attached hydrogens (primary N) is 1. The van der Waals surface area contributed by atoms with E-state index in [4.69, 9.17) is 15.1 Å². The van der Waals surface area contributed by atoms with Crippen LogP contribution in [0.15, 0.2) is 24.3 Å². The average molecular weight is 397 g/mol. The molecule has 3 heterocycles. The van der Waals surface area contributed by atoms with Gasteiger partial charge in [-0.3, -0.25) is 9.48 Å².